The van der Waals surface area contributed by atoms with Gasteiger partial charge in [-0.2, -0.15) is 0 Å². The van der Waals surface area contributed by atoms with Crippen LogP contribution in [0.5, 0.6) is 28.7 Å². The topological polar surface area (TPSA) is 141 Å². The monoisotopic (exact) mass is 531 g/mol. The number of fused-ring (bicyclic) bond motifs is 5. The Morgan fingerprint density at radius 1 is 1.00 bits per heavy atom. The van der Waals surface area contributed by atoms with Gasteiger partial charge in [0.1, 0.15) is 34.5 Å². The maximum absolute atomic E-state index is 13.5. The van der Waals surface area contributed by atoms with Crippen LogP contribution in [0.4, 0.5) is 0 Å². The average Bonchev–Trinajstić information content (AvgIpc) is 2.89. The van der Waals surface area contributed by atoms with Gasteiger partial charge in [0.25, 0.3) is 0 Å². The Morgan fingerprint density at radius 2 is 1.74 bits per heavy atom. The molecule has 10 nitrogen and oxygen atoms in total. The zero-order valence-corrected chi connectivity index (χ0v) is 21.5. The van der Waals surface area contributed by atoms with Crippen LogP contribution < -0.4 is 25.3 Å². The highest BCUT2D eigenvalue weighted by atomic mass is 16.5. The molecule has 0 radical (unpaired) electrons. The highest BCUT2D eigenvalue weighted by Gasteiger charge is 2.46. The van der Waals surface area contributed by atoms with Gasteiger partial charge in [-0.05, 0) is 44.2 Å². The maximum Gasteiger partial charge on any atom is 0.336 e. The number of nitrogens with zero attached hydrogens (tertiary/aromatic N) is 1. The molecule has 1 aliphatic rings. The standard InChI is InChI=1S/C29H25NO9/c1-29(2)28(35)27(22-19(39-29)9-5-13-6-10-20(33)37-25(13)22)38-26-17(31)8-7-15-23(26)30(3)16-11-14(36-4)12-18(32)21(16)24(15)34/h5-12,27-28,31-32,35H,1-4H3/t27-,28-/m0/s1. The van der Waals surface area contributed by atoms with E-state index < -0.39 is 28.9 Å². The van der Waals surface area contributed by atoms with Crippen molar-refractivity contribution in [3.63, 3.8) is 0 Å². The molecule has 3 heterocycles. The second-order valence-corrected chi connectivity index (χ2v) is 10.1. The van der Waals surface area contributed by atoms with Crippen molar-refractivity contribution in [2.75, 3.05) is 7.11 Å². The number of ether oxygens (including phenoxy) is 3. The fourth-order valence-corrected chi connectivity index (χ4v) is 5.26. The van der Waals surface area contributed by atoms with Crippen LogP contribution in [0.15, 0.2) is 62.5 Å². The van der Waals surface area contributed by atoms with E-state index in [-0.39, 0.29) is 39.1 Å². The average molecular weight is 532 g/mol. The predicted molar refractivity (Wildman–Crippen MR) is 143 cm³/mol. The number of aliphatic hydroxyl groups excluding tert-OH is 1. The summed E-state index contributed by atoms with van der Waals surface area (Å²) in [5.41, 5.74) is -1.17. The van der Waals surface area contributed by atoms with E-state index in [1.165, 1.54) is 31.4 Å². The third kappa shape index (κ3) is 3.59. The number of phenols is 2. The van der Waals surface area contributed by atoms with E-state index in [9.17, 15) is 24.9 Å². The molecule has 1 aliphatic heterocycles. The smallest absolute Gasteiger partial charge is 0.336 e. The largest absolute Gasteiger partial charge is 0.507 e. The summed E-state index contributed by atoms with van der Waals surface area (Å²) in [6.07, 6.45) is -2.45. The molecule has 0 bridgehead atoms. The minimum absolute atomic E-state index is 0.0767. The fourth-order valence-electron chi connectivity index (χ4n) is 5.26. The van der Waals surface area contributed by atoms with Gasteiger partial charge in [-0.25, -0.2) is 4.79 Å². The Kier molecular flexibility index (Phi) is 5.31. The van der Waals surface area contributed by atoms with Crippen LogP contribution in [0.1, 0.15) is 25.5 Å². The van der Waals surface area contributed by atoms with Crippen LogP contribution in [-0.4, -0.2) is 38.7 Å². The molecule has 0 aliphatic carbocycles. The van der Waals surface area contributed by atoms with Gasteiger partial charge in [-0.15, -0.1) is 0 Å². The summed E-state index contributed by atoms with van der Waals surface area (Å²) in [6.45, 7) is 3.37. The number of aliphatic hydroxyl groups is 1. The first-order chi connectivity index (χ1) is 18.5. The van der Waals surface area contributed by atoms with E-state index in [0.29, 0.717) is 28.0 Å². The van der Waals surface area contributed by atoms with Crippen molar-refractivity contribution in [2.24, 2.45) is 7.05 Å². The lowest BCUT2D eigenvalue weighted by molar-refractivity contribution is -0.102. The predicted octanol–water partition coefficient (Wildman–Crippen LogP) is 3.87. The third-order valence-corrected chi connectivity index (χ3v) is 7.27. The SMILES string of the molecule is COc1cc(O)c2c(=O)c3ccc(O)c(O[C@H]4c5c(ccc6ccc(=O)oc56)OC(C)(C)[C@H]4O)c3n(C)c2c1. The molecular formula is C29H25NO9. The number of methoxy groups -OCH3 is 1. The normalized spacial score (nSPS) is 18.2. The summed E-state index contributed by atoms with van der Waals surface area (Å²) in [4.78, 5) is 25.7. The summed E-state index contributed by atoms with van der Waals surface area (Å²) in [6, 6.07) is 12.0. The second kappa shape index (κ2) is 8.40. The molecule has 200 valence electrons. The minimum Gasteiger partial charge on any atom is -0.507 e. The van der Waals surface area contributed by atoms with E-state index in [0.717, 1.165) is 0 Å². The van der Waals surface area contributed by atoms with Crippen molar-refractivity contribution < 1.29 is 33.9 Å². The molecular weight excluding hydrogens is 506 g/mol. The van der Waals surface area contributed by atoms with Crippen LogP contribution in [0.2, 0.25) is 0 Å². The van der Waals surface area contributed by atoms with Gasteiger partial charge < -0.3 is 38.5 Å². The Balaban J connectivity index is 1.66. The molecule has 3 N–H and O–H groups in total. The van der Waals surface area contributed by atoms with Crippen molar-refractivity contribution >= 4 is 32.8 Å². The second-order valence-electron chi connectivity index (χ2n) is 10.1. The van der Waals surface area contributed by atoms with E-state index in [4.69, 9.17) is 18.6 Å². The molecule has 6 rings (SSSR count). The van der Waals surface area contributed by atoms with Gasteiger partial charge in [0.15, 0.2) is 17.6 Å². The number of phenolic OH excluding ortho intramolecular Hbond substituents is 2. The van der Waals surface area contributed by atoms with E-state index >= 15 is 0 Å². The summed E-state index contributed by atoms with van der Waals surface area (Å²) in [5.74, 6) is 0.0438. The first-order valence-electron chi connectivity index (χ1n) is 12.2. The summed E-state index contributed by atoms with van der Waals surface area (Å²) >= 11 is 0. The molecule has 0 unspecified atom stereocenters. The number of aromatic nitrogens is 1. The number of aromatic hydroxyl groups is 2. The first kappa shape index (κ1) is 24.6. The van der Waals surface area contributed by atoms with Crippen LogP contribution in [0.25, 0.3) is 32.8 Å². The van der Waals surface area contributed by atoms with Crippen LogP contribution in [0, 0.1) is 0 Å². The molecule has 3 aromatic carbocycles. The molecule has 2 atom stereocenters. The Labute approximate surface area is 220 Å². The number of benzene rings is 3. The van der Waals surface area contributed by atoms with Gasteiger partial charge in [0, 0.05) is 30.6 Å². The lowest BCUT2D eigenvalue weighted by Gasteiger charge is -2.41. The third-order valence-electron chi connectivity index (χ3n) is 7.27. The lowest BCUT2D eigenvalue weighted by atomic mass is 9.87. The number of hydrogen-bond donors (Lipinski definition) is 3. The number of aryl methyl sites for hydroxylation is 1. The van der Waals surface area contributed by atoms with E-state index in [1.54, 1.807) is 49.7 Å². The maximum atomic E-state index is 13.5. The Morgan fingerprint density at radius 3 is 2.49 bits per heavy atom. The molecule has 0 amide bonds. The molecule has 0 saturated heterocycles. The summed E-state index contributed by atoms with van der Waals surface area (Å²) in [5, 5.41) is 33.9. The van der Waals surface area contributed by atoms with Gasteiger partial charge in [0.05, 0.1) is 34.5 Å². The number of pyridine rings is 1. The van der Waals surface area contributed by atoms with Crippen LogP contribution >= 0.6 is 0 Å². The van der Waals surface area contributed by atoms with Gasteiger partial charge in [-0.3, -0.25) is 4.79 Å². The molecule has 39 heavy (non-hydrogen) atoms. The van der Waals surface area contributed by atoms with Crippen molar-refractivity contribution in [3.8, 4) is 28.7 Å². The van der Waals surface area contributed by atoms with Crippen LogP contribution in [-0.2, 0) is 7.05 Å². The van der Waals surface area contributed by atoms with Crippen molar-refractivity contribution in [2.45, 2.75) is 31.7 Å². The zero-order valence-electron chi connectivity index (χ0n) is 21.5. The summed E-state index contributed by atoms with van der Waals surface area (Å²) in [7, 11) is 3.09. The highest BCUT2D eigenvalue weighted by molar-refractivity contribution is 6.00. The fraction of sp³-hybridized carbons (Fsp3) is 0.241. The molecule has 0 fully saturated rings. The molecule has 0 saturated carbocycles. The molecule has 10 heteroatoms. The van der Waals surface area contributed by atoms with E-state index in [2.05, 4.69) is 0 Å². The minimum atomic E-state index is -1.28. The quantitative estimate of drug-likeness (QED) is 0.234. The van der Waals surface area contributed by atoms with Gasteiger partial charge in [-0.1, -0.05) is 0 Å². The molecule has 5 aromatic rings. The lowest BCUT2D eigenvalue weighted by Crippen LogP contribution is -2.50. The Bertz CT molecular complexity index is 1940. The number of hydrogen-bond acceptors (Lipinski definition) is 9. The van der Waals surface area contributed by atoms with Crippen LogP contribution in [0.3, 0.4) is 0 Å². The van der Waals surface area contributed by atoms with Crippen molar-refractivity contribution in [1.29, 1.82) is 0 Å². The van der Waals surface area contributed by atoms with Gasteiger partial charge >= 0.3 is 5.63 Å². The van der Waals surface area contributed by atoms with Crippen molar-refractivity contribution in [1.82, 2.24) is 4.57 Å². The van der Waals surface area contributed by atoms with Crippen molar-refractivity contribution in [3.05, 3.63) is 74.7 Å². The summed E-state index contributed by atoms with van der Waals surface area (Å²) < 4.78 is 24.8. The molecule has 2 aromatic heterocycles. The molecule has 0 spiro atoms. The number of rotatable bonds is 3. The zero-order chi connectivity index (χ0) is 27.8. The Hall–Kier alpha value is -4.70. The highest BCUT2D eigenvalue weighted by Crippen LogP contribution is 2.48. The first-order valence-corrected chi connectivity index (χ1v) is 12.2. The van der Waals surface area contributed by atoms with Gasteiger partial charge in [0.2, 0.25) is 5.43 Å². The van der Waals surface area contributed by atoms with E-state index in [1.807, 2.05) is 0 Å².